The Balaban J connectivity index is 1.60. The maximum atomic E-state index is 13.9. The molecule has 3 heterocycles. The standard InChI is InChI=1S/C25H32F3N7O4/c1-13(2)9-18(33(4)20(36)14(3)30-23(39)25(26,27)28)21(37)34-12-24(10-15(34)11-29)22(38)31-19-16-7-5-6-8-17(16)32-35(19)24/h13-15,18H,5-10,12H2,1-4H3,(H,30,39)(H,31,38)/t14-,15-,18-,24+/m0/s1. The molecule has 4 rings (SSSR count). The van der Waals surface area contributed by atoms with Crippen LogP contribution in [0, 0.1) is 17.2 Å². The molecule has 0 saturated carbocycles. The zero-order chi connectivity index (χ0) is 28.9. The summed E-state index contributed by atoms with van der Waals surface area (Å²) in [6, 6.07) is -1.58. The van der Waals surface area contributed by atoms with Crippen LogP contribution in [0.1, 0.15) is 57.7 Å². The third-order valence-corrected chi connectivity index (χ3v) is 7.76. The number of aryl methyl sites for hydroxylation is 1. The van der Waals surface area contributed by atoms with E-state index in [0.717, 1.165) is 48.8 Å². The third kappa shape index (κ3) is 4.94. The average molecular weight is 552 g/mol. The summed E-state index contributed by atoms with van der Waals surface area (Å²) in [6.07, 6.45) is -1.50. The molecular formula is C25H32F3N7O4. The van der Waals surface area contributed by atoms with Crippen molar-refractivity contribution in [1.82, 2.24) is 24.9 Å². The maximum Gasteiger partial charge on any atom is 0.471 e. The summed E-state index contributed by atoms with van der Waals surface area (Å²) >= 11 is 0. The topological polar surface area (TPSA) is 140 Å². The Morgan fingerprint density at radius 1 is 1.26 bits per heavy atom. The quantitative estimate of drug-likeness (QED) is 0.549. The van der Waals surface area contributed by atoms with Crippen LogP contribution in [0.5, 0.6) is 0 Å². The Hall–Kier alpha value is -3.63. The first-order valence-electron chi connectivity index (χ1n) is 13.0. The van der Waals surface area contributed by atoms with Crippen LogP contribution in [0.15, 0.2) is 0 Å². The van der Waals surface area contributed by atoms with Crippen molar-refractivity contribution < 1.29 is 32.3 Å². The number of nitrogens with one attached hydrogen (secondary N) is 2. The Labute approximate surface area is 223 Å². The molecule has 1 spiro atoms. The minimum atomic E-state index is -5.17. The number of nitrogens with zero attached hydrogens (tertiary/aromatic N) is 5. The Morgan fingerprint density at radius 3 is 2.54 bits per heavy atom. The van der Waals surface area contributed by atoms with E-state index in [4.69, 9.17) is 5.10 Å². The van der Waals surface area contributed by atoms with Gasteiger partial charge in [-0.15, -0.1) is 0 Å². The Bertz CT molecular complexity index is 1240. The lowest BCUT2D eigenvalue weighted by Crippen LogP contribution is -2.56. The van der Waals surface area contributed by atoms with Crippen molar-refractivity contribution in [3.8, 4) is 6.07 Å². The highest BCUT2D eigenvalue weighted by Gasteiger charge is 2.58. The van der Waals surface area contributed by atoms with Gasteiger partial charge in [0.1, 0.15) is 23.9 Å². The number of amides is 4. The van der Waals surface area contributed by atoms with Gasteiger partial charge in [0.25, 0.3) is 5.91 Å². The second-order valence-electron chi connectivity index (χ2n) is 11.0. The average Bonchev–Trinajstić information content (AvgIpc) is 3.52. The number of hydrogen-bond acceptors (Lipinski definition) is 6. The van der Waals surface area contributed by atoms with Crippen LogP contribution in [-0.2, 0) is 37.6 Å². The number of likely N-dealkylation sites (tertiary alicyclic amines) is 1. The molecule has 39 heavy (non-hydrogen) atoms. The van der Waals surface area contributed by atoms with Crippen molar-refractivity contribution in [3.63, 3.8) is 0 Å². The van der Waals surface area contributed by atoms with Gasteiger partial charge < -0.3 is 20.4 Å². The number of likely N-dealkylation sites (N-methyl/N-ethyl adjacent to an activating group) is 1. The van der Waals surface area contributed by atoms with Gasteiger partial charge in [-0.2, -0.15) is 23.5 Å². The fourth-order valence-corrected chi connectivity index (χ4v) is 5.72. The normalized spacial score (nSPS) is 23.6. The maximum absolute atomic E-state index is 13.9. The molecule has 1 saturated heterocycles. The number of fused-ring (bicyclic) bond motifs is 4. The van der Waals surface area contributed by atoms with E-state index in [9.17, 15) is 37.6 Å². The van der Waals surface area contributed by atoms with E-state index >= 15 is 0 Å². The van der Waals surface area contributed by atoms with E-state index in [-0.39, 0.29) is 31.2 Å². The molecular weight excluding hydrogens is 519 g/mol. The largest absolute Gasteiger partial charge is 0.471 e. The molecule has 4 amide bonds. The van der Waals surface area contributed by atoms with E-state index in [1.165, 1.54) is 11.9 Å². The SMILES string of the molecule is CC(C)C[C@@H](C(=O)N1C[C@]2(C[C@H]1C#N)C(=O)Nc1c3c(nn12)CCCC3)N(C)C(=O)[C@H](C)NC(=O)C(F)(F)F. The first kappa shape index (κ1) is 28.4. The monoisotopic (exact) mass is 551 g/mol. The lowest BCUT2D eigenvalue weighted by Gasteiger charge is -2.34. The molecule has 0 bridgehead atoms. The fourth-order valence-electron chi connectivity index (χ4n) is 5.72. The summed E-state index contributed by atoms with van der Waals surface area (Å²) in [4.78, 5) is 53.8. The summed E-state index contributed by atoms with van der Waals surface area (Å²) < 4.78 is 39.7. The summed E-state index contributed by atoms with van der Waals surface area (Å²) in [5, 5.41) is 19.2. The van der Waals surface area contributed by atoms with Crippen LogP contribution in [-0.4, -0.2) is 81.1 Å². The van der Waals surface area contributed by atoms with Gasteiger partial charge in [-0.25, -0.2) is 4.68 Å². The Kier molecular flexibility index (Phi) is 7.39. The lowest BCUT2D eigenvalue weighted by molar-refractivity contribution is -0.175. The van der Waals surface area contributed by atoms with Crippen LogP contribution in [0.3, 0.4) is 0 Å². The molecule has 14 heteroatoms. The van der Waals surface area contributed by atoms with Gasteiger partial charge in [0.05, 0.1) is 18.3 Å². The van der Waals surface area contributed by atoms with Gasteiger partial charge in [0.2, 0.25) is 11.8 Å². The molecule has 3 aliphatic rings. The number of rotatable bonds is 6. The van der Waals surface area contributed by atoms with Crippen molar-refractivity contribution in [1.29, 1.82) is 5.26 Å². The molecule has 1 aromatic heterocycles. The molecule has 0 aromatic carbocycles. The molecule has 11 nitrogen and oxygen atoms in total. The predicted octanol–water partition coefficient (Wildman–Crippen LogP) is 1.47. The van der Waals surface area contributed by atoms with E-state index in [1.54, 1.807) is 10.00 Å². The van der Waals surface area contributed by atoms with Gasteiger partial charge >= 0.3 is 12.1 Å². The molecule has 1 aromatic rings. The first-order valence-corrected chi connectivity index (χ1v) is 13.0. The summed E-state index contributed by atoms with van der Waals surface area (Å²) in [5.74, 6) is -3.63. The van der Waals surface area contributed by atoms with Crippen molar-refractivity contribution in [2.24, 2.45) is 5.92 Å². The number of carbonyl (C=O) groups is 4. The molecule has 0 radical (unpaired) electrons. The van der Waals surface area contributed by atoms with Gasteiger partial charge in [0.15, 0.2) is 5.54 Å². The second kappa shape index (κ2) is 10.2. The van der Waals surface area contributed by atoms with Gasteiger partial charge in [-0.3, -0.25) is 19.2 Å². The molecule has 212 valence electrons. The van der Waals surface area contributed by atoms with Crippen LogP contribution in [0.2, 0.25) is 0 Å². The van der Waals surface area contributed by atoms with E-state index in [2.05, 4.69) is 11.4 Å². The highest BCUT2D eigenvalue weighted by Crippen LogP contribution is 2.44. The van der Waals surface area contributed by atoms with E-state index in [0.29, 0.717) is 5.82 Å². The minimum absolute atomic E-state index is 0.0126. The number of halogens is 3. The van der Waals surface area contributed by atoms with Crippen LogP contribution in [0.25, 0.3) is 0 Å². The highest BCUT2D eigenvalue weighted by atomic mass is 19.4. The van der Waals surface area contributed by atoms with Gasteiger partial charge in [0, 0.05) is 19.0 Å². The van der Waals surface area contributed by atoms with E-state index in [1.807, 2.05) is 13.8 Å². The number of carbonyl (C=O) groups excluding carboxylic acids is 4. The van der Waals surface area contributed by atoms with E-state index < -0.39 is 47.6 Å². The minimum Gasteiger partial charge on any atom is -0.337 e. The van der Waals surface area contributed by atoms with Gasteiger partial charge in [-0.05, 0) is 44.9 Å². The molecule has 2 N–H and O–H groups in total. The number of aromatic nitrogens is 2. The number of hydrogen-bond donors (Lipinski definition) is 2. The molecule has 1 fully saturated rings. The zero-order valence-electron chi connectivity index (χ0n) is 22.3. The second-order valence-corrected chi connectivity index (χ2v) is 11.0. The highest BCUT2D eigenvalue weighted by molar-refractivity contribution is 6.02. The molecule has 1 aliphatic carbocycles. The molecule has 2 aliphatic heterocycles. The number of alkyl halides is 3. The fraction of sp³-hybridized carbons (Fsp3) is 0.680. The van der Waals surface area contributed by atoms with Gasteiger partial charge in [-0.1, -0.05) is 13.8 Å². The van der Waals surface area contributed by atoms with Crippen LogP contribution in [0.4, 0.5) is 19.0 Å². The third-order valence-electron chi connectivity index (χ3n) is 7.76. The summed E-state index contributed by atoms with van der Waals surface area (Å²) in [7, 11) is 1.28. The number of nitriles is 1. The first-order chi connectivity index (χ1) is 18.2. The Morgan fingerprint density at radius 2 is 1.92 bits per heavy atom. The summed E-state index contributed by atoms with van der Waals surface area (Å²) in [6.45, 7) is 4.59. The van der Waals surface area contributed by atoms with Crippen molar-refractivity contribution in [3.05, 3.63) is 11.3 Å². The smallest absolute Gasteiger partial charge is 0.337 e. The molecule has 0 unspecified atom stereocenters. The van der Waals surface area contributed by atoms with Crippen molar-refractivity contribution in [2.45, 2.75) is 89.1 Å². The zero-order valence-corrected chi connectivity index (χ0v) is 22.3. The lowest BCUT2D eigenvalue weighted by atomic mass is 9.96. The predicted molar refractivity (Wildman–Crippen MR) is 131 cm³/mol. The van der Waals surface area contributed by atoms with Crippen LogP contribution >= 0.6 is 0 Å². The van der Waals surface area contributed by atoms with Crippen molar-refractivity contribution in [2.75, 3.05) is 18.9 Å². The van der Waals surface area contributed by atoms with Crippen LogP contribution < -0.4 is 10.6 Å². The number of anilines is 1. The summed E-state index contributed by atoms with van der Waals surface area (Å²) in [5.41, 5.74) is 0.594. The van der Waals surface area contributed by atoms with Crippen molar-refractivity contribution >= 4 is 29.4 Å². The molecule has 4 atom stereocenters.